The second-order valence-corrected chi connectivity index (χ2v) is 14.6. The van der Waals surface area contributed by atoms with Crippen LogP contribution in [-0.4, -0.2) is 60.2 Å². The number of ether oxygens (including phenoxy) is 1. The summed E-state index contributed by atoms with van der Waals surface area (Å²) in [6, 6.07) is 0. The Labute approximate surface area is 354 Å². The number of carbonyl (C=O) groups is 2. The van der Waals surface area contributed by atoms with Gasteiger partial charge in [0.15, 0.2) is 0 Å². The Bertz CT molecular complexity index is 780. The molecule has 0 rings (SSSR count). The van der Waals surface area contributed by atoms with E-state index >= 15 is 0 Å². The van der Waals surface area contributed by atoms with Crippen LogP contribution in [0.3, 0.4) is 0 Å². The molecule has 0 saturated carbocycles. The summed E-state index contributed by atoms with van der Waals surface area (Å²) in [5.41, 5.74) is 11.9. The summed E-state index contributed by atoms with van der Waals surface area (Å²) in [4.78, 5) is 20.8. The van der Waals surface area contributed by atoms with Gasteiger partial charge in [0.1, 0.15) is 6.10 Å². The van der Waals surface area contributed by atoms with Crippen LogP contribution in [0.5, 0.6) is 0 Å². The zero-order chi connectivity index (χ0) is 43.9. The van der Waals surface area contributed by atoms with Crippen molar-refractivity contribution in [1.29, 1.82) is 0 Å². The summed E-state index contributed by atoms with van der Waals surface area (Å²) in [7, 11) is 0. The van der Waals surface area contributed by atoms with Gasteiger partial charge in [-0.25, -0.2) is 0 Å². The van der Waals surface area contributed by atoms with E-state index in [-0.39, 0.29) is 31.8 Å². The van der Waals surface area contributed by atoms with E-state index in [1.54, 1.807) is 12.4 Å². The Kier molecular flexibility index (Phi) is 70.1. The van der Waals surface area contributed by atoms with Crippen LogP contribution in [0.2, 0.25) is 0 Å². The normalized spacial score (nSPS) is 10.8. The van der Waals surface area contributed by atoms with Crippen LogP contribution in [0, 0.1) is 0 Å². The molecule has 0 amide bonds. The van der Waals surface area contributed by atoms with Crippen LogP contribution in [0.15, 0.2) is 23.8 Å². The third-order valence-corrected chi connectivity index (χ3v) is 9.08. The number of nitrogens with two attached hydrogens (primary N) is 2. The van der Waals surface area contributed by atoms with Crippen LogP contribution >= 0.6 is 0 Å². The zero-order valence-electron chi connectivity index (χ0n) is 38.9. The van der Waals surface area contributed by atoms with Crippen molar-refractivity contribution >= 4 is 12.4 Å². The standard InChI is InChI=1S/C28H56N2O3.C11H24N2O.C5H12.C2H6.CH2O2/c1-3-5-7-9-12-16-20-27(21-17-13-10-8-6-4-2)33-28(32)22-18-14-11-15-19-23-30-24-26(29)25-31;1-2-3-4-5-6-7-8-13-9-11(12)10-14;1-3-5-4-2;1-2;2-1-3/h24,27,30-31H,3-23,25,29H2,1-2H3;9,13-14H,2-8,10,12H2,1H3;3-5H2,1-2H3;1-2H3;1H,(H,2,3)/b26-24-;11-9-;;;. The molecule has 10 nitrogen and oxygen atoms in total. The topological polar surface area (TPSA) is 180 Å². The summed E-state index contributed by atoms with van der Waals surface area (Å²) >= 11 is 0. The van der Waals surface area contributed by atoms with Gasteiger partial charge in [0.05, 0.1) is 13.2 Å². The highest BCUT2D eigenvalue weighted by molar-refractivity contribution is 5.69. The molecule has 0 aromatic heterocycles. The second-order valence-electron chi connectivity index (χ2n) is 14.6. The molecule has 0 heterocycles. The number of rotatable bonds is 36. The maximum atomic E-state index is 12.4. The number of carboxylic acid groups (broad SMARTS) is 1. The first-order valence-electron chi connectivity index (χ1n) is 23.6. The van der Waals surface area contributed by atoms with Gasteiger partial charge in [0.2, 0.25) is 0 Å². The molecule has 0 aliphatic heterocycles. The summed E-state index contributed by atoms with van der Waals surface area (Å²) < 4.78 is 5.91. The third-order valence-electron chi connectivity index (χ3n) is 9.08. The minimum absolute atomic E-state index is 0.00301. The number of carbonyl (C=O) groups excluding carboxylic acids is 1. The van der Waals surface area contributed by atoms with Crippen molar-refractivity contribution in [1.82, 2.24) is 10.6 Å². The van der Waals surface area contributed by atoms with Crippen molar-refractivity contribution in [3.05, 3.63) is 23.8 Å². The Balaban J connectivity index is -0.000000306. The molecule has 0 saturated heterocycles. The molecule has 0 aromatic carbocycles. The van der Waals surface area contributed by atoms with Crippen LogP contribution in [0.25, 0.3) is 0 Å². The highest BCUT2D eigenvalue weighted by atomic mass is 16.5. The van der Waals surface area contributed by atoms with E-state index in [9.17, 15) is 4.79 Å². The second kappa shape index (κ2) is 62.7. The van der Waals surface area contributed by atoms with Gasteiger partial charge >= 0.3 is 5.97 Å². The molecule has 0 fully saturated rings. The minimum atomic E-state index is -0.250. The number of nitrogens with one attached hydrogen (secondary N) is 2. The SMILES string of the molecule is CC.CCCCC.CCCCCCCCC(CCCCCCCC)OC(=O)CCCCCCCN/C=C(\N)CO.CCCCCCCCN/C=C(\N)CO.O=CO. The number of esters is 1. The van der Waals surface area contributed by atoms with Crippen molar-refractivity contribution in [2.75, 3.05) is 26.3 Å². The fraction of sp³-hybridized carbons (Fsp3) is 0.872. The number of unbranched alkanes of at least 4 members (excludes halogenated alkanes) is 21. The lowest BCUT2D eigenvalue weighted by molar-refractivity contribution is -0.150. The quantitative estimate of drug-likeness (QED) is 0.0183. The maximum absolute atomic E-state index is 12.4. The van der Waals surface area contributed by atoms with E-state index < -0.39 is 0 Å². The first kappa shape index (κ1) is 63.7. The van der Waals surface area contributed by atoms with Gasteiger partial charge in [-0.05, 0) is 44.9 Å². The lowest BCUT2D eigenvalue weighted by Gasteiger charge is -2.18. The molecule has 0 radical (unpaired) electrons. The van der Waals surface area contributed by atoms with Crippen LogP contribution in [0.4, 0.5) is 0 Å². The average Bonchev–Trinajstić information content (AvgIpc) is 3.22. The van der Waals surface area contributed by atoms with Gasteiger partial charge in [-0.15, -0.1) is 0 Å². The van der Waals surface area contributed by atoms with E-state index in [1.165, 1.54) is 135 Å². The Morgan fingerprint density at radius 2 is 0.825 bits per heavy atom. The fourth-order valence-electron chi connectivity index (χ4n) is 5.70. The summed E-state index contributed by atoms with van der Waals surface area (Å²) in [5, 5.41) is 30.5. The van der Waals surface area contributed by atoms with Crippen molar-refractivity contribution < 1.29 is 29.6 Å². The average molecular weight is 817 g/mol. The first-order valence-corrected chi connectivity index (χ1v) is 23.6. The number of aliphatic hydroxyl groups excluding tert-OH is 2. The molecule has 344 valence electrons. The number of hydrogen-bond donors (Lipinski definition) is 7. The third kappa shape index (κ3) is 68.6. The van der Waals surface area contributed by atoms with Gasteiger partial charge in [-0.1, -0.05) is 183 Å². The van der Waals surface area contributed by atoms with Crippen LogP contribution in [-0.2, 0) is 14.3 Å². The fourth-order valence-corrected chi connectivity index (χ4v) is 5.70. The Morgan fingerprint density at radius 3 is 1.14 bits per heavy atom. The first-order chi connectivity index (χ1) is 27.8. The van der Waals surface area contributed by atoms with Crippen molar-refractivity contribution in [2.24, 2.45) is 11.5 Å². The molecule has 0 aliphatic carbocycles. The molecule has 0 spiro atoms. The van der Waals surface area contributed by atoms with Crippen LogP contribution in [0.1, 0.15) is 235 Å². The molecule has 10 heteroatoms. The van der Waals surface area contributed by atoms with Crippen molar-refractivity contribution in [3.8, 4) is 0 Å². The molecule has 0 unspecified atom stereocenters. The Hall–Kier alpha value is -2.46. The molecule has 0 bridgehead atoms. The Morgan fingerprint density at radius 1 is 0.526 bits per heavy atom. The largest absolute Gasteiger partial charge is 0.483 e. The van der Waals surface area contributed by atoms with Gasteiger partial charge in [-0.3, -0.25) is 9.59 Å². The van der Waals surface area contributed by atoms with E-state index in [1.807, 2.05) is 13.8 Å². The molecule has 0 aliphatic rings. The van der Waals surface area contributed by atoms with Crippen molar-refractivity contribution in [2.45, 2.75) is 241 Å². The van der Waals surface area contributed by atoms with E-state index in [4.69, 9.17) is 36.3 Å². The zero-order valence-corrected chi connectivity index (χ0v) is 38.9. The van der Waals surface area contributed by atoms with Gasteiger partial charge in [0.25, 0.3) is 6.47 Å². The minimum Gasteiger partial charge on any atom is -0.483 e. The molecular weight excluding hydrogens is 717 g/mol. The molecule has 0 aromatic rings. The maximum Gasteiger partial charge on any atom is 0.306 e. The van der Waals surface area contributed by atoms with Gasteiger partial charge in [0, 0.05) is 43.3 Å². The van der Waals surface area contributed by atoms with Crippen LogP contribution < -0.4 is 22.1 Å². The van der Waals surface area contributed by atoms with Gasteiger partial charge < -0.3 is 42.2 Å². The highest BCUT2D eigenvalue weighted by Crippen LogP contribution is 2.18. The smallest absolute Gasteiger partial charge is 0.306 e. The number of aliphatic hydroxyl groups is 2. The van der Waals surface area contributed by atoms with Gasteiger partial charge in [-0.2, -0.15) is 0 Å². The monoisotopic (exact) mass is 817 g/mol. The molecule has 9 N–H and O–H groups in total. The summed E-state index contributed by atoms with van der Waals surface area (Å²) in [6.07, 6.45) is 38.7. The predicted molar refractivity (Wildman–Crippen MR) is 247 cm³/mol. The lowest BCUT2D eigenvalue weighted by Crippen LogP contribution is -2.18. The van der Waals surface area contributed by atoms with E-state index in [0.29, 0.717) is 17.8 Å². The highest BCUT2D eigenvalue weighted by Gasteiger charge is 2.14. The van der Waals surface area contributed by atoms with E-state index in [0.717, 1.165) is 58.0 Å². The summed E-state index contributed by atoms with van der Waals surface area (Å²) in [6.45, 7) is 16.5. The van der Waals surface area contributed by atoms with Crippen molar-refractivity contribution in [3.63, 3.8) is 0 Å². The number of hydrogen-bond acceptors (Lipinski definition) is 9. The van der Waals surface area contributed by atoms with E-state index in [2.05, 4.69) is 45.3 Å². The predicted octanol–water partition coefficient (Wildman–Crippen LogP) is 11.8. The lowest BCUT2D eigenvalue weighted by atomic mass is 10.0. The summed E-state index contributed by atoms with van der Waals surface area (Å²) in [5.74, 6) is 0.00301. The molecular formula is C47H100N4O6. The molecule has 57 heavy (non-hydrogen) atoms. The molecule has 0 atom stereocenters.